The van der Waals surface area contributed by atoms with Crippen LogP contribution in [0.1, 0.15) is 48.5 Å². The van der Waals surface area contributed by atoms with Gasteiger partial charge in [-0.25, -0.2) is 9.37 Å². The van der Waals surface area contributed by atoms with Gasteiger partial charge < -0.3 is 5.32 Å². The molecule has 2 aromatic carbocycles. The van der Waals surface area contributed by atoms with Crippen LogP contribution >= 0.6 is 0 Å². The third-order valence-electron chi connectivity index (χ3n) is 5.37. The summed E-state index contributed by atoms with van der Waals surface area (Å²) in [5.74, 6) is 1.08. The second-order valence-electron chi connectivity index (χ2n) is 7.49. The summed E-state index contributed by atoms with van der Waals surface area (Å²) in [6, 6.07) is 14.4. The summed E-state index contributed by atoms with van der Waals surface area (Å²) >= 11 is 0. The quantitative estimate of drug-likeness (QED) is 0.516. The number of benzene rings is 2. The zero-order valence-corrected chi connectivity index (χ0v) is 15.9. The van der Waals surface area contributed by atoms with Crippen molar-refractivity contribution in [2.75, 3.05) is 5.32 Å². The van der Waals surface area contributed by atoms with Gasteiger partial charge in [-0.15, -0.1) is 0 Å². The number of nitrogens with zero attached hydrogens (tertiary/aromatic N) is 4. The maximum atomic E-state index is 13.2. The predicted molar refractivity (Wildman–Crippen MR) is 108 cm³/mol. The molecule has 29 heavy (non-hydrogen) atoms. The Bertz CT molecular complexity index is 1230. The summed E-state index contributed by atoms with van der Waals surface area (Å²) in [5, 5.41) is 20.6. The maximum Gasteiger partial charge on any atom is 0.160 e. The molecule has 0 bridgehead atoms. The lowest BCUT2D eigenvalue weighted by Crippen LogP contribution is -2.07. The molecule has 0 amide bonds. The first kappa shape index (κ1) is 17.4. The molecule has 6 nitrogen and oxygen atoms in total. The van der Waals surface area contributed by atoms with E-state index in [1.165, 1.54) is 25.0 Å². The minimum atomic E-state index is -0.261. The Hall–Kier alpha value is -3.66. The fourth-order valence-corrected chi connectivity index (χ4v) is 3.60. The smallest absolute Gasteiger partial charge is 0.160 e. The van der Waals surface area contributed by atoms with Crippen LogP contribution in [0.15, 0.2) is 48.8 Å². The summed E-state index contributed by atoms with van der Waals surface area (Å²) < 4.78 is 15.1. The van der Waals surface area contributed by atoms with Gasteiger partial charge in [-0.05, 0) is 49.6 Å². The van der Waals surface area contributed by atoms with Crippen LogP contribution in [0.5, 0.6) is 0 Å². The Balaban J connectivity index is 1.52. The molecule has 0 unspecified atom stereocenters. The number of halogens is 1. The topological polar surface area (TPSA) is 82.3 Å². The van der Waals surface area contributed by atoms with Crippen LogP contribution in [-0.4, -0.2) is 19.7 Å². The van der Waals surface area contributed by atoms with Crippen molar-refractivity contribution in [3.63, 3.8) is 0 Å². The van der Waals surface area contributed by atoms with Crippen LogP contribution in [-0.2, 0) is 0 Å². The van der Waals surface area contributed by atoms with Crippen LogP contribution in [0.3, 0.4) is 0 Å². The number of fused-ring (bicyclic) bond motifs is 1. The average molecular weight is 386 g/mol. The zero-order valence-electron chi connectivity index (χ0n) is 15.9. The number of aromatic amines is 1. The molecule has 2 N–H and O–H groups in total. The number of H-pyrrole nitrogens is 1. The number of nitriles is 1. The highest BCUT2D eigenvalue weighted by Gasteiger charge is 2.26. The molecule has 1 fully saturated rings. The van der Waals surface area contributed by atoms with E-state index in [4.69, 9.17) is 0 Å². The van der Waals surface area contributed by atoms with Gasteiger partial charge in [0.15, 0.2) is 5.82 Å². The molecule has 0 aliphatic heterocycles. The number of aromatic nitrogens is 4. The van der Waals surface area contributed by atoms with Crippen molar-refractivity contribution < 1.29 is 4.39 Å². The van der Waals surface area contributed by atoms with Crippen molar-refractivity contribution in [3.05, 3.63) is 71.4 Å². The Labute approximate surface area is 167 Å². The first-order chi connectivity index (χ1) is 14.1. The molecular formula is C22H19FN6. The molecule has 1 aliphatic rings. The second kappa shape index (κ2) is 6.74. The van der Waals surface area contributed by atoms with Gasteiger partial charge in [0, 0.05) is 29.4 Å². The standard InChI is InChI=1S/C22H19FN6/c1-13(14-4-6-17(23)7-5-14)26-18-8-16(11-24)22-20(9-18)29(12-25-22)21-10-19(27-28-21)15-2-3-15/h4-10,12-13,15,26H,2-3H2,1H3,(H,27,28)/t13-/m0/s1. The summed E-state index contributed by atoms with van der Waals surface area (Å²) in [6.07, 6.45) is 4.09. The molecule has 1 saturated carbocycles. The lowest BCUT2D eigenvalue weighted by Gasteiger charge is -2.16. The molecule has 0 saturated heterocycles. The Morgan fingerprint density at radius 3 is 2.76 bits per heavy atom. The van der Waals surface area contributed by atoms with Gasteiger partial charge in [0.2, 0.25) is 0 Å². The van der Waals surface area contributed by atoms with Gasteiger partial charge in [0.25, 0.3) is 0 Å². The van der Waals surface area contributed by atoms with Gasteiger partial charge in [-0.1, -0.05) is 12.1 Å². The number of rotatable bonds is 5. The van der Waals surface area contributed by atoms with E-state index in [9.17, 15) is 9.65 Å². The minimum Gasteiger partial charge on any atom is -0.378 e. The SMILES string of the molecule is C[C@H](Nc1cc(C#N)c2ncn(-c3cc(C4CC4)[nH]n3)c2c1)c1ccc(F)cc1. The number of anilines is 1. The number of hydrogen-bond donors (Lipinski definition) is 2. The lowest BCUT2D eigenvalue weighted by molar-refractivity contribution is 0.626. The van der Waals surface area contributed by atoms with Gasteiger partial charge in [0.05, 0.1) is 11.1 Å². The summed E-state index contributed by atoms with van der Waals surface area (Å²) in [5.41, 5.74) is 4.84. The van der Waals surface area contributed by atoms with Gasteiger partial charge in [-0.3, -0.25) is 9.67 Å². The van der Waals surface area contributed by atoms with Crippen molar-refractivity contribution in [1.29, 1.82) is 5.26 Å². The molecule has 4 aromatic rings. The Morgan fingerprint density at radius 2 is 2.03 bits per heavy atom. The first-order valence-corrected chi connectivity index (χ1v) is 9.61. The van der Waals surface area contributed by atoms with E-state index in [1.54, 1.807) is 24.5 Å². The number of imidazole rings is 1. The van der Waals surface area contributed by atoms with Crippen molar-refractivity contribution in [2.24, 2.45) is 0 Å². The molecule has 1 atom stereocenters. The summed E-state index contributed by atoms with van der Waals surface area (Å²) in [6.45, 7) is 2.00. The fraction of sp³-hybridized carbons (Fsp3) is 0.227. The van der Waals surface area contributed by atoms with Crippen molar-refractivity contribution in [1.82, 2.24) is 19.7 Å². The number of nitrogens with one attached hydrogen (secondary N) is 2. The van der Waals surface area contributed by atoms with E-state index < -0.39 is 0 Å². The predicted octanol–water partition coefficient (Wildman–Crippen LogP) is 4.81. The molecule has 5 rings (SSSR count). The Kier molecular flexibility index (Phi) is 4.06. The fourth-order valence-electron chi connectivity index (χ4n) is 3.60. The van der Waals surface area contributed by atoms with E-state index in [1.807, 2.05) is 23.6 Å². The molecule has 1 aliphatic carbocycles. The minimum absolute atomic E-state index is 0.0529. The van der Waals surface area contributed by atoms with Crippen molar-refractivity contribution in [3.8, 4) is 11.9 Å². The molecule has 7 heteroatoms. The lowest BCUT2D eigenvalue weighted by atomic mass is 10.1. The molecule has 144 valence electrons. The van der Waals surface area contributed by atoms with E-state index in [0.29, 0.717) is 17.0 Å². The van der Waals surface area contributed by atoms with Gasteiger partial charge in [-0.2, -0.15) is 10.4 Å². The zero-order chi connectivity index (χ0) is 20.0. The summed E-state index contributed by atoms with van der Waals surface area (Å²) in [7, 11) is 0. The highest BCUT2D eigenvalue weighted by Crippen LogP contribution is 2.39. The maximum absolute atomic E-state index is 13.2. The van der Waals surface area contributed by atoms with Crippen LogP contribution in [0.2, 0.25) is 0 Å². The average Bonchev–Trinajstić information content (AvgIpc) is 3.30. The normalized spacial score (nSPS) is 14.7. The van der Waals surface area contributed by atoms with Crippen LogP contribution in [0.4, 0.5) is 10.1 Å². The highest BCUT2D eigenvalue weighted by molar-refractivity contribution is 5.86. The highest BCUT2D eigenvalue weighted by atomic mass is 19.1. The van der Waals surface area contributed by atoms with E-state index in [-0.39, 0.29) is 11.9 Å². The van der Waals surface area contributed by atoms with E-state index >= 15 is 0 Å². The largest absolute Gasteiger partial charge is 0.378 e. The summed E-state index contributed by atoms with van der Waals surface area (Å²) in [4.78, 5) is 4.44. The van der Waals surface area contributed by atoms with Crippen LogP contribution in [0.25, 0.3) is 16.9 Å². The third-order valence-corrected chi connectivity index (χ3v) is 5.37. The third kappa shape index (κ3) is 3.23. The Morgan fingerprint density at radius 1 is 1.24 bits per heavy atom. The van der Waals surface area contributed by atoms with Crippen molar-refractivity contribution >= 4 is 16.7 Å². The number of hydrogen-bond acceptors (Lipinski definition) is 4. The van der Waals surface area contributed by atoms with E-state index in [2.05, 4.69) is 26.6 Å². The molecule has 2 heterocycles. The molecular weight excluding hydrogens is 367 g/mol. The molecule has 0 radical (unpaired) electrons. The second-order valence-corrected chi connectivity index (χ2v) is 7.49. The van der Waals surface area contributed by atoms with Crippen LogP contribution in [0, 0.1) is 17.1 Å². The first-order valence-electron chi connectivity index (χ1n) is 9.61. The van der Waals surface area contributed by atoms with Crippen molar-refractivity contribution in [2.45, 2.75) is 31.7 Å². The molecule has 2 aromatic heterocycles. The molecule has 0 spiro atoms. The van der Waals surface area contributed by atoms with Gasteiger partial charge in [0.1, 0.15) is 23.7 Å². The monoisotopic (exact) mass is 386 g/mol. The van der Waals surface area contributed by atoms with E-state index in [0.717, 1.165) is 28.3 Å². The van der Waals surface area contributed by atoms with Gasteiger partial charge >= 0.3 is 0 Å². The van der Waals surface area contributed by atoms with Crippen LogP contribution < -0.4 is 5.32 Å².